The summed E-state index contributed by atoms with van der Waals surface area (Å²) in [5, 5.41) is 17.1. The van der Waals surface area contributed by atoms with Gasteiger partial charge in [0.15, 0.2) is 6.61 Å². The van der Waals surface area contributed by atoms with Crippen molar-refractivity contribution in [2.75, 3.05) is 19.7 Å². The molecule has 6 rings (SSSR count). The highest BCUT2D eigenvalue weighted by molar-refractivity contribution is 6.38. The first-order valence-electron chi connectivity index (χ1n) is 15.6. The summed E-state index contributed by atoms with van der Waals surface area (Å²) in [4.78, 5) is 67.0. The summed E-state index contributed by atoms with van der Waals surface area (Å²) in [6.45, 7) is 4.57. The van der Waals surface area contributed by atoms with E-state index in [-0.39, 0.29) is 47.8 Å². The Labute approximate surface area is 265 Å². The zero-order valence-corrected chi connectivity index (χ0v) is 25.7. The molecule has 4 amide bonds. The second-order valence-electron chi connectivity index (χ2n) is 13.2. The lowest BCUT2D eigenvalue weighted by Gasteiger charge is -2.31. The maximum absolute atomic E-state index is 14.1. The highest BCUT2D eigenvalue weighted by Gasteiger charge is 2.69. The number of carbonyl (C=O) groups excluding carboxylic acids is 5. The van der Waals surface area contributed by atoms with Gasteiger partial charge in [0.1, 0.15) is 23.7 Å². The van der Waals surface area contributed by atoms with E-state index in [2.05, 4.69) is 16.0 Å². The van der Waals surface area contributed by atoms with Crippen molar-refractivity contribution in [3.63, 3.8) is 0 Å². The maximum Gasteiger partial charge on any atom is 0.289 e. The molecule has 2 aliphatic carbocycles. The van der Waals surface area contributed by atoms with Gasteiger partial charge in [-0.1, -0.05) is 32.0 Å². The van der Waals surface area contributed by atoms with E-state index in [0.717, 1.165) is 12.8 Å². The van der Waals surface area contributed by atoms with Gasteiger partial charge in [-0.25, -0.2) is 4.39 Å². The number of benzene rings is 2. The number of piperidine rings is 1. The summed E-state index contributed by atoms with van der Waals surface area (Å²) in [6, 6.07) is 10.8. The molecule has 2 aromatic rings. The number of Topliss-reactive ketones (excluding diaryl/α,β-unsaturated/α-hetero) is 1. The van der Waals surface area contributed by atoms with Gasteiger partial charge in [0.25, 0.3) is 11.8 Å². The van der Waals surface area contributed by atoms with E-state index in [0.29, 0.717) is 36.4 Å². The van der Waals surface area contributed by atoms with Crippen LogP contribution in [0.15, 0.2) is 42.5 Å². The molecule has 0 spiro atoms. The molecule has 240 valence electrons. The van der Waals surface area contributed by atoms with Crippen LogP contribution in [-0.2, 0) is 24.0 Å². The number of ketones is 1. The first-order valence-corrected chi connectivity index (χ1v) is 15.6. The number of rotatable bonds is 11. The van der Waals surface area contributed by atoms with E-state index in [9.17, 15) is 28.4 Å². The quantitative estimate of drug-likeness (QED) is 0.321. The lowest BCUT2D eigenvalue weighted by atomic mass is 9.94. The number of halogens is 1. The van der Waals surface area contributed by atoms with Gasteiger partial charge in [0.05, 0.1) is 11.6 Å². The van der Waals surface area contributed by atoms with E-state index in [1.807, 2.05) is 13.8 Å². The number of ether oxygens (including phenoxy) is 1. The Morgan fingerprint density at radius 2 is 1.83 bits per heavy atom. The van der Waals surface area contributed by atoms with E-state index in [1.165, 1.54) is 17.0 Å². The molecule has 3 N–H and O–H groups in total. The van der Waals surface area contributed by atoms with E-state index >= 15 is 0 Å². The molecule has 4 aliphatic rings. The molecule has 11 nitrogen and oxygen atoms in total. The van der Waals surface area contributed by atoms with Crippen LogP contribution in [0.2, 0.25) is 0 Å². The smallest absolute Gasteiger partial charge is 0.289 e. The van der Waals surface area contributed by atoms with Crippen molar-refractivity contribution < 1.29 is 33.1 Å². The monoisotopic (exact) mass is 629 g/mol. The molecule has 0 bridgehead atoms. The second kappa shape index (κ2) is 12.2. The Morgan fingerprint density at radius 3 is 2.46 bits per heavy atom. The van der Waals surface area contributed by atoms with E-state index < -0.39 is 47.3 Å². The van der Waals surface area contributed by atoms with Gasteiger partial charge in [-0.15, -0.1) is 0 Å². The van der Waals surface area contributed by atoms with Crippen LogP contribution in [0.4, 0.5) is 4.39 Å². The van der Waals surface area contributed by atoms with Gasteiger partial charge < -0.3 is 25.6 Å². The Bertz CT molecular complexity index is 1630. The Kier molecular flexibility index (Phi) is 8.27. The standard InChI is InChI=1S/C34H36FN5O6/c1-34(2)24-16-40(27(41)17-46-23-9-5-18(6-10-23)19-3-4-21(15-36)25(35)13-19)29(28(24)34)32(44)39-26(14-20-11-12-37-31(20)43)30(42)33(45)38-22-7-8-22/h3-6,9-10,13,20,22,24,26,28-29H,7-8,11-12,14,16-17H2,1-2H3,(H,37,43)(H,38,45)(H,39,44)/t20-,24-,26-,28-,29-/m0/s1. The molecule has 12 heteroatoms. The van der Waals surface area contributed by atoms with Gasteiger partial charge in [-0.3, -0.25) is 24.0 Å². The third kappa shape index (κ3) is 6.18. The maximum atomic E-state index is 14.1. The number of hydrogen-bond acceptors (Lipinski definition) is 7. The number of nitriles is 1. The van der Waals surface area contributed by atoms with Crippen molar-refractivity contribution in [1.82, 2.24) is 20.9 Å². The zero-order valence-electron chi connectivity index (χ0n) is 25.7. The Morgan fingerprint density at radius 1 is 1.11 bits per heavy atom. The third-order valence-electron chi connectivity index (χ3n) is 9.89. The summed E-state index contributed by atoms with van der Waals surface area (Å²) in [6.07, 6.45) is 2.08. The van der Waals surface area contributed by atoms with Crippen LogP contribution < -0.4 is 20.7 Å². The van der Waals surface area contributed by atoms with Gasteiger partial charge >= 0.3 is 0 Å². The second-order valence-corrected chi connectivity index (χ2v) is 13.2. The largest absolute Gasteiger partial charge is 0.484 e. The summed E-state index contributed by atoms with van der Waals surface area (Å²) in [7, 11) is 0. The molecule has 5 atom stereocenters. The van der Waals surface area contributed by atoms with Crippen molar-refractivity contribution in [2.45, 2.75) is 57.7 Å². The van der Waals surface area contributed by atoms with E-state index in [1.54, 1.807) is 36.4 Å². The minimum absolute atomic E-state index is 0.000857. The van der Waals surface area contributed by atoms with Crippen LogP contribution in [0.3, 0.4) is 0 Å². The van der Waals surface area contributed by atoms with Crippen LogP contribution in [0, 0.1) is 40.3 Å². The summed E-state index contributed by atoms with van der Waals surface area (Å²) in [5.41, 5.74) is 1.06. The van der Waals surface area contributed by atoms with Gasteiger partial charge in [0.2, 0.25) is 17.6 Å². The van der Waals surface area contributed by atoms with Crippen molar-refractivity contribution in [3.8, 4) is 22.9 Å². The van der Waals surface area contributed by atoms with Crippen molar-refractivity contribution in [3.05, 3.63) is 53.8 Å². The first kappa shape index (κ1) is 31.2. The third-order valence-corrected chi connectivity index (χ3v) is 9.89. The topological polar surface area (TPSA) is 158 Å². The normalized spacial score (nSPS) is 24.7. The number of hydrogen-bond donors (Lipinski definition) is 3. The summed E-state index contributed by atoms with van der Waals surface area (Å²) < 4.78 is 19.8. The predicted molar refractivity (Wildman–Crippen MR) is 162 cm³/mol. The zero-order chi connectivity index (χ0) is 32.7. The summed E-state index contributed by atoms with van der Waals surface area (Å²) in [5.74, 6) is -3.47. The molecule has 46 heavy (non-hydrogen) atoms. The molecular weight excluding hydrogens is 593 g/mol. The number of nitrogens with one attached hydrogen (secondary N) is 3. The molecule has 2 aliphatic heterocycles. The fourth-order valence-electron chi connectivity index (χ4n) is 6.89. The minimum Gasteiger partial charge on any atom is -0.484 e. The molecule has 0 radical (unpaired) electrons. The molecule has 2 saturated carbocycles. The lowest BCUT2D eigenvalue weighted by Crippen LogP contribution is -2.56. The van der Waals surface area contributed by atoms with Gasteiger partial charge in [-0.05, 0) is 78.3 Å². The molecule has 0 unspecified atom stereocenters. The van der Waals surface area contributed by atoms with E-state index in [4.69, 9.17) is 10.00 Å². The van der Waals surface area contributed by atoms with Crippen LogP contribution in [-0.4, -0.2) is 72.1 Å². The van der Waals surface area contributed by atoms with Crippen molar-refractivity contribution in [2.24, 2.45) is 23.2 Å². The van der Waals surface area contributed by atoms with Crippen molar-refractivity contribution in [1.29, 1.82) is 5.26 Å². The number of amides is 4. The SMILES string of the molecule is CC1(C)[C@@H]2[C@@H](C(=O)N[C@@H](C[C@@H]3CCNC3=O)C(=O)C(=O)NC3CC3)N(C(=O)COc3ccc(-c4ccc(C#N)c(F)c4)cc3)C[C@@H]21. The fourth-order valence-corrected chi connectivity index (χ4v) is 6.89. The first-order chi connectivity index (χ1) is 22.0. The van der Waals surface area contributed by atoms with Crippen LogP contribution in [0.1, 0.15) is 45.1 Å². The lowest BCUT2D eigenvalue weighted by molar-refractivity contribution is -0.144. The van der Waals surface area contributed by atoms with Crippen molar-refractivity contribution >= 4 is 29.4 Å². The molecular formula is C34H36FN5O6. The predicted octanol–water partition coefficient (Wildman–Crippen LogP) is 2.08. The highest BCUT2D eigenvalue weighted by Crippen LogP contribution is 2.64. The van der Waals surface area contributed by atoms with Gasteiger partial charge in [-0.2, -0.15) is 5.26 Å². The van der Waals surface area contributed by atoms with Gasteiger partial charge in [0, 0.05) is 25.0 Å². The van der Waals surface area contributed by atoms with Crippen LogP contribution >= 0.6 is 0 Å². The number of carbonyl (C=O) groups is 5. The average molecular weight is 630 g/mol. The molecule has 0 aromatic heterocycles. The highest BCUT2D eigenvalue weighted by atomic mass is 19.1. The number of likely N-dealkylation sites (tertiary alicyclic amines) is 1. The average Bonchev–Trinajstić information content (AvgIpc) is 3.81. The van der Waals surface area contributed by atoms with Crippen LogP contribution in [0.25, 0.3) is 11.1 Å². The fraction of sp³-hybridized carbons (Fsp3) is 0.471. The number of fused-ring (bicyclic) bond motifs is 1. The Balaban J connectivity index is 1.12. The molecule has 2 saturated heterocycles. The van der Waals surface area contributed by atoms with Crippen LogP contribution in [0.5, 0.6) is 5.75 Å². The molecule has 4 fully saturated rings. The molecule has 2 heterocycles. The number of nitrogens with zero attached hydrogens (tertiary/aromatic N) is 2. The Hall–Kier alpha value is -4.79. The summed E-state index contributed by atoms with van der Waals surface area (Å²) >= 11 is 0. The molecule has 2 aromatic carbocycles. The minimum atomic E-state index is -1.20.